The zero-order valence-corrected chi connectivity index (χ0v) is 19.3. The van der Waals surface area contributed by atoms with Gasteiger partial charge >= 0.3 is 12.1 Å². The molecule has 9 nitrogen and oxygen atoms in total. The van der Waals surface area contributed by atoms with E-state index >= 15 is 0 Å². The predicted molar refractivity (Wildman–Crippen MR) is 114 cm³/mol. The molecule has 0 aromatic carbocycles. The van der Waals surface area contributed by atoms with Crippen LogP contribution < -0.4 is 10.6 Å². The molecule has 0 aliphatic heterocycles. The smallest absolute Gasteiger partial charge is 0.407 e. The Morgan fingerprint density at radius 3 is 1.87 bits per heavy atom. The Labute approximate surface area is 179 Å². The molecule has 0 heterocycles. The third-order valence-corrected chi connectivity index (χ3v) is 3.80. The van der Waals surface area contributed by atoms with Gasteiger partial charge in [0.15, 0.2) is 0 Å². The Kier molecular flexibility index (Phi) is 12.1. The SMILES string of the molecule is CC(C)(C)CC(=O)NCCCN(CCCNC(=O)OC(C)(C)C)C(=O)CCC(=O)O. The maximum atomic E-state index is 12.3. The lowest BCUT2D eigenvalue weighted by Gasteiger charge is -2.24. The molecule has 0 unspecified atom stereocenters. The minimum absolute atomic E-state index is 0.0344. The first-order valence-electron chi connectivity index (χ1n) is 10.4. The highest BCUT2D eigenvalue weighted by atomic mass is 16.6. The van der Waals surface area contributed by atoms with Gasteiger partial charge in [0.25, 0.3) is 0 Å². The molecular formula is C21H39N3O6. The zero-order chi connectivity index (χ0) is 23.4. The number of nitrogens with zero attached hydrogens (tertiary/aromatic N) is 1. The second kappa shape index (κ2) is 13.1. The van der Waals surface area contributed by atoms with Gasteiger partial charge in [0, 0.05) is 39.0 Å². The number of aliphatic carboxylic acids is 1. The molecule has 0 radical (unpaired) electrons. The number of hydrogen-bond acceptors (Lipinski definition) is 5. The molecule has 0 saturated carbocycles. The van der Waals surface area contributed by atoms with Crippen molar-refractivity contribution < 1.29 is 29.0 Å². The van der Waals surface area contributed by atoms with Crippen LogP contribution in [0.3, 0.4) is 0 Å². The summed E-state index contributed by atoms with van der Waals surface area (Å²) in [6.45, 7) is 12.8. The minimum Gasteiger partial charge on any atom is -0.481 e. The van der Waals surface area contributed by atoms with Crippen LogP contribution in [-0.2, 0) is 19.1 Å². The number of nitrogens with one attached hydrogen (secondary N) is 2. The minimum atomic E-state index is -1.02. The molecule has 0 fully saturated rings. The Morgan fingerprint density at radius 2 is 1.40 bits per heavy atom. The number of amides is 3. The summed E-state index contributed by atoms with van der Waals surface area (Å²) in [6.07, 6.45) is 0.666. The fourth-order valence-corrected chi connectivity index (χ4v) is 2.55. The van der Waals surface area contributed by atoms with Gasteiger partial charge in [0.2, 0.25) is 11.8 Å². The largest absolute Gasteiger partial charge is 0.481 e. The number of rotatable bonds is 12. The van der Waals surface area contributed by atoms with Crippen LogP contribution in [0.1, 0.15) is 73.6 Å². The highest BCUT2D eigenvalue weighted by Gasteiger charge is 2.18. The van der Waals surface area contributed by atoms with Crippen LogP contribution in [0.4, 0.5) is 4.79 Å². The summed E-state index contributed by atoms with van der Waals surface area (Å²) in [4.78, 5) is 48.2. The predicted octanol–water partition coefficient (Wildman–Crippen LogP) is 2.54. The van der Waals surface area contributed by atoms with Crippen molar-refractivity contribution >= 4 is 23.9 Å². The molecule has 3 amide bonds. The van der Waals surface area contributed by atoms with Crippen molar-refractivity contribution in [2.75, 3.05) is 26.2 Å². The Bertz CT molecular complexity index is 542. The molecule has 0 aliphatic rings. The summed E-state index contributed by atoms with van der Waals surface area (Å²) in [5.41, 5.74) is -0.676. The lowest BCUT2D eigenvalue weighted by atomic mass is 9.92. The number of carbonyl (C=O) groups is 4. The zero-order valence-electron chi connectivity index (χ0n) is 19.3. The summed E-state index contributed by atoms with van der Waals surface area (Å²) in [6, 6.07) is 0. The highest BCUT2D eigenvalue weighted by Crippen LogP contribution is 2.17. The van der Waals surface area contributed by atoms with Gasteiger partial charge in [0.1, 0.15) is 5.60 Å². The first-order chi connectivity index (χ1) is 13.7. The van der Waals surface area contributed by atoms with Crippen molar-refractivity contribution in [1.29, 1.82) is 0 Å². The molecule has 0 aliphatic carbocycles. The normalized spacial score (nSPS) is 11.5. The van der Waals surface area contributed by atoms with Crippen molar-refractivity contribution in [1.82, 2.24) is 15.5 Å². The quantitative estimate of drug-likeness (QED) is 0.409. The van der Waals surface area contributed by atoms with E-state index in [1.807, 2.05) is 20.8 Å². The van der Waals surface area contributed by atoms with Crippen molar-refractivity contribution in [3.05, 3.63) is 0 Å². The van der Waals surface area contributed by atoms with Gasteiger partial charge in [-0.1, -0.05) is 20.8 Å². The number of carboxylic acids is 1. The maximum absolute atomic E-state index is 12.3. The van der Waals surface area contributed by atoms with Gasteiger partial charge < -0.3 is 25.4 Å². The number of alkyl carbamates (subject to hydrolysis) is 1. The van der Waals surface area contributed by atoms with Crippen molar-refractivity contribution in [3.63, 3.8) is 0 Å². The highest BCUT2D eigenvalue weighted by molar-refractivity contribution is 5.80. The fraction of sp³-hybridized carbons (Fsp3) is 0.810. The van der Waals surface area contributed by atoms with Gasteiger partial charge in [-0.05, 0) is 39.0 Å². The molecular weight excluding hydrogens is 390 g/mol. The van der Waals surface area contributed by atoms with Crippen LogP contribution in [-0.4, -0.2) is 65.7 Å². The molecule has 174 valence electrons. The number of carboxylic acid groups (broad SMARTS) is 1. The summed E-state index contributed by atoms with van der Waals surface area (Å²) < 4.78 is 5.16. The van der Waals surface area contributed by atoms with E-state index in [0.717, 1.165) is 0 Å². The van der Waals surface area contributed by atoms with E-state index in [2.05, 4.69) is 10.6 Å². The van der Waals surface area contributed by atoms with Crippen LogP contribution in [0, 0.1) is 5.41 Å². The molecule has 9 heteroatoms. The van der Waals surface area contributed by atoms with Crippen LogP contribution in [0.2, 0.25) is 0 Å². The summed E-state index contributed by atoms with van der Waals surface area (Å²) >= 11 is 0. The standard InChI is InChI=1S/C21H39N3O6/c1-20(2,3)15-16(25)22-11-7-13-24(17(26)9-10-18(27)28)14-8-12-23-19(29)30-21(4,5)6/h7-15H2,1-6H3,(H,22,25)(H,23,29)(H,27,28). The van der Waals surface area contributed by atoms with E-state index in [-0.39, 0.29) is 30.1 Å². The fourth-order valence-electron chi connectivity index (χ4n) is 2.55. The maximum Gasteiger partial charge on any atom is 0.407 e. The van der Waals surface area contributed by atoms with Crippen LogP contribution in [0.5, 0.6) is 0 Å². The van der Waals surface area contributed by atoms with E-state index in [9.17, 15) is 19.2 Å². The van der Waals surface area contributed by atoms with Gasteiger partial charge in [-0.15, -0.1) is 0 Å². The lowest BCUT2D eigenvalue weighted by molar-refractivity contribution is -0.141. The Morgan fingerprint density at radius 1 is 0.867 bits per heavy atom. The van der Waals surface area contributed by atoms with Gasteiger partial charge in [0.05, 0.1) is 6.42 Å². The number of ether oxygens (including phenoxy) is 1. The van der Waals surface area contributed by atoms with Crippen LogP contribution in [0.25, 0.3) is 0 Å². The third kappa shape index (κ3) is 16.6. The van der Waals surface area contributed by atoms with Crippen LogP contribution >= 0.6 is 0 Å². The van der Waals surface area contributed by atoms with Crippen LogP contribution in [0.15, 0.2) is 0 Å². The summed E-state index contributed by atoms with van der Waals surface area (Å²) in [7, 11) is 0. The van der Waals surface area contributed by atoms with E-state index < -0.39 is 17.7 Å². The molecule has 0 aromatic rings. The second-order valence-corrected chi connectivity index (χ2v) is 9.50. The average molecular weight is 430 g/mol. The van der Waals surface area contributed by atoms with E-state index in [4.69, 9.17) is 9.84 Å². The molecule has 0 aromatic heterocycles. The molecule has 0 bridgehead atoms. The topological polar surface area (TPSA) is 125 Å². The summed E-state index contributed by atoms with van der Waals surface area (Å²) in [5, 5.41) is 14.3. The monoisotopic (exact) mass is 429 g/mol. The van der Waals surface area contributed by atoms with Gasteiger partial charge in [-0.2, -0.15) is 0 Å². The Balaban J connectivity index is 4.44. The molecule has 0 saturated heterocycles. The van der Waals surface area contributed by atoms with Gasteiger partial charge in [-0.25, -0.2) is 4.79 Å². The molecule has 0 rings (SSSR count). The van der Waals surface area contributed by atoms with Gasteiger partial charge in [-0.3, -0.25) is 14.4 Å². The molecule has 3 N–H and O–H groups in total. The van der Waals surface area contributed by atoms with Crippen molar-refractivity contribution in [2.45, 2.75) is 79.2 Å². The van der Waals surface area contributed by atoms with E-state index in [1.54, 1.807) is 25.7 Å². The van der Waals surface area contributed by atoms with Crippen molar-refractivity contribution in [2.24, 2.45) is 5.41 Å². The lowest BCUT2D eigenvalue weighted by Crippen LogP contribution is -2.38. The van der Waals surface area contributed by atoms with E-state index in [0.29, 0.717) is 45.4 Å². The third-order valence-electron chi connectivity index (χ3n) is 3.80. The average Bonchev–Trinajstić information content (AvgIpc) is 2.54. The molecule has 0 spiro atoms. The first kappa shape index (κ1) is 27.7. The van der Waals surface area contributed by atoms with E-state index in [1.165, 1.54) is 0 Å². The molecule has 30 heavy (non-hydrogen) atoms. The number of hydrogen-bond donors (Lipinski definition) is 3. The first-order valence-corrected chi connectivity index (χ1v) is 10.4. The summed E-state index contributed by atoms with van der Waals surface area (Å²) in [5.74, 6) is -1.31. The second-order valence-electron chi connectivity index (χ2n) is 9.50. The molecule has 0 atom stereocenters. The Hall–Kier alpha value is -2.32. The number of carbonyl (C=O) groups excluding carboxylic acids is 3. The van der Waals surface area contributed by atoms with Crippen molar-refractivity contribution in [3.8, 4) is 0 Å².